The van der Waals surface area contributed by atoms with Crippen LogP contribution in [0.3, 0.4) is 0 Å². The van der Waals surface area contributed by atoms with Gasteiger partial charge in [0.25, 0.3) is 0 Å². The zero-order chi connectivity index (χ0) is 9.26. The fourth-order valence-electron chi connectivity index (χ4n) is 1.35. The minimum atomic E-state index is 0.585. The number of rotatable bonds is 1. The first-order chi connectivity index (χ1) is 6.29. The molecule has 0 amide bonds. The summed E-state index contributed by atoms with van der Waals surface area (Å²) in [4.78, 5) is 0. The zero-order valence-corrected chi connectivity index (χ0v) is 9.84. The first kappa shape index (κ1) is 9.28. The van der Waals surface area contributed by atoms with E-state index >= 15 is 0 Å². The quantitative estimate of drug-likeness (QED) is 0.547. The third kappa shape index (κ3) is 1.97. The van der Waals surface area contributed by atoms with Crippen LogP contribution in [0.1, 0.15) is 5.56 Å². The van der Waals surface area contributed by atoms with E-state index in [4.69, 9.17) is 11.6 Å². The van der Waals surface area contributed by atoms with Gasteiger partial charge in [0, 0.05) is 9.45 Å². The van der Waals surface area contributed by atoms with Crippen molar-refractivity contribution < 1.29 is 0 Å². The maximum Gasteiger partial charge on any atom is 0.0474 e. The molecule has 0 aromatic heterocycles. The van der Waals surface area contributed by atoms with E-state index in [9.17, 15) is 0 Å². The normalized spacial score (nSPS) is 10.6. The van der Waals surface area contributed by atoms with Crippen molar-refractivity contribution in [3.05, 3.63) is 45.5 Å². The molecule has 0 aliphatic rings. The molecule has 0 fully saturated rings. The average molecular weight is 303 g/mol. The van der Waals surface area contributed by atoms with Gasteiger partial charge in [0.05, 0.1) is 0 Å². The highest BCUT2D eigenvalue weighted by atomic mass is 127. The predicted octanol–water partition coefficient (Wildman–Crippen LogP) is 4.18. The summed E-state index contributed by atoms with van der Waals surface area (Å²) in [7, 11) is 0. The van der Waals surface area contributed by atoms with E-state index in [2.05, 4.69) is 59.0 Å². The summed E-state index contributed by atoms with van der Waals surface area (Å²) in [6.07, 6.45) is 0. The summed E-state index contributed by atoms with van der Waals surface area (Å²) in [5.74, 6) is 0.585. The van der Waals surface area contributed by atoms with Crippen molar-refractivity contribution in [2.45, 2.75) is 5.88 Å². The molecular weight excluding hydrogens is 294 g/mol. The van der Waals surface area contributed by atoms with Gasteiger partial charge in [-0.05, 0) is 57.1 Å². The Hall–Kier alpha value is -0.280. The van der Waals surface area contributed by atoms with Crippen LogP contribution in [0.2, 0.25) is 0 Å². The second-order valence-electron chi connectivity index (χ2n) is 2.96. The lowest BCUT2D eigenvalue weighted by Crippen LogP contribution is -1.79. The third-order valence-corrected chi connectivity index (χ3v) is 3.00. The van der Waals surface area contributed by atoms with Crippen molar-refractivity contribution in [3.63, 3.8) is 0 Å². The van der Waals surface area contributed by atoms with Crippen LogP contribution in [0.4, 0.5) is 0 Å². The van der Waals surface area contributed by atoms with E-state index in [-0.39, 0.29) is 0 Å². The maximum atomic E-state index is 5.76. The van der Waals surface area contributed by atoms with Gasteiger partial charge in [-0.25, -0.2) is 0 Å². The van der Waals surface area contributed by atoms with Crippen LogP contribution in [-0.4, -0.2) is 0 Å². The van der Waals surface area contributed by atoms with Gasteiger partial charge in [-0.3, -0.25) is 0 Å². The van der Waals surface area contributed by atoms with Gasteiger partial charge in [0.15, 0.2) is 0 Å². The summed E-state index contributed by atoms with van der Waals surface area (Å²) in [5, 5.41) is 2.54. The first-order valence-corrected chi connectivity index (χ1v) is 5.65. The standard InChI is InChI=1S/C11H8ClI/c12-7-8-1-2-10-6-11(13)4-3-9(10)5-8/h1-6H,7H2. The Bertz CT molecular complexity index is 437. The van der Waals surface area contributed by atoms with Crippen molar-refractivity contribution in [1.29, 1.82) is 0 Å². The number of benzene rings is 2. The van der Waals surface area contributed by atoms with Gasteiger partial charge in [0.2, 0.25) is 0 Å². The fraction of sp³-hybridized carbons (Fsp3) is 0.0909. The highest BCUT2D eigenvalue weighted by Gasteiger charge is 1.95. The van der Waals surface area contributed by atoms with Gasteiger partial charge in [-0.2, -0.15) is 0 Å². The van der Waals surface area contributed by atoms with Crippen LogP contribution in [0.25, 0.3) is 10.8 Å². The molecule has 2 rings (SSSR count). The number of halogens is 2. The van der Waals surface area contributed by atoms with Crippen LogP contribution < -0.4 is 0 Å². The lowest BCUT2D eigenvalue weighted by molar-refractivity contribution is 1.43. The lowest BCUT2D eigenvalue weighted by atomic mass is 10.1. The highest BCUT2D eigenvalue weighted by Crippen LogP contribution is 2.19. The summed E-state index contributed by atoms with van der Waals surface area (Å²) in [6.45, 7) is 0. The molecule has 2 aromatic carbocycles. The lowest BCUT2D eigenvalue weighted by Gasteiger charge is -2.00. The van der Waals surface area contributed by atoms with E-state index in [0.717, 1.165) is 0 Å². The SMILES string of the molecule is ClCc1ccc2cc(I)ccc2c1. The van der Waals surface area contributed by atoms with Crippen LogP contribution in [-0.2, 0) is 5.88 Å². The van der Waals surface area contributed by atoms with Crippen molar-refractivity contribution in [2.75, 3.05) is 0 Å². The van der Waals surface area contributed by atoms with E-state index in [0.29, 0.717) is 5.88 Å². The maximum absolute atomic E-state index is 5.76. The number of fused-ring (bicyclic) bond motifs is 1. The molecule has 0 atom stereocenters. The Morgan fingerprint density at radius 2 is 1.69 bits per heavy atom. The monoisotopic (exact) mass is 302 g/mol. The minimum Gasteiger partial charge on any atom is -0.122 e. The molecule has 0 N–H and O–H groups in total. The Morgan fingerprint density at radius 1 is 1.00 bits per heavy atom. The summed E-state index contributed by atoms with van der Waals surface area (Å²) in [5.41, 5.74) is 1.18. The zero-order valence-electron chi connectivity index (χ0n) is 6.93. The molecule has 0 radical (unpaired) electrons. The molecule has 0 aliphatic heterocycles. The molecular formula is C11H8ClI. The van der Waals surface area contributed by atoms with Crippen molar-refractivity contribution in [3.8, 4) is 0 Å². The van der Waals surface area contributed by atoms with Crippen molar-refractivity contribution in [2.24, 2.45) is 0 Å². The van der Waals surface area contributed by atoms with Gasteiger partial charge in [0.1, 0.15) is 0 Å². The molecule has 0 bridgehead atoms. The highest BCUT2D eigenvalue weighted by molar-refractivity contribution is 14.1. The first-order valence-electron chi connectivity index (χ1n) is 4.04. The number of hydrogen-bond acceptors (Lipinski definition) is 0. The van der Waals surface area contributed by atoms with E-state index in [1.807, 2.05) is 0 Å². The van der Waals surface area contributed by atoms with E-state index in [1.165, 1.54) is 19.9 Å². The van der Waals surface area contributed by atoms with E-state index in [1.54, 1.807) is 0 Å². The Labute approximate surface area is 96.0 Å². The Kier molecular flexibility index (Phi) is 2.74. The van der Waals surface area contributed by atoms with Gasteiger partial charge < -0.3 is 0 Å². The Morgan fingerprint density at radius 3 is 2.46 bits per heavy atom. The molecule has 0 saturated heterocycles. The fourth-order valence-corrected chi connectivity index (χ4v) is 2.03. The van der Waals surface area contributed by atoms with E-state index < -0.39 is 0 Å². The number of alkyl halides is 1. The third-order valence-electron chi connectivity index (χ3n) is 2.02. The van der Waals surface area contributed by atoms with Crippen molar-refractivity contribution >= 4 is 45.0 Å². The molecule has 2 heteroatoms. The van der Waals surface area contributed by atoms with Crippen LogP contribution in [0, 0.1) is 3.57 Å². The van der Waals surface area contributed by atoms with Gasteiger partial charge in [-0.15, -0.1) is 11.6 Å². The molecule has 2 aromatic rings. The van der Waals surface area contributed by atoms with Crippen LogP contribution in [0.15, 0.2) is 36.4 Å². The van der Waals surface area contributed by atoms with Gasteiger partial charge >= 0.3 is 0 Å². The Balaban J connectivity index is 2.66. The molecule has 0 spiro atoms. The second-order valence-corrected chi connectivity index (χ2v) is 4.47. The molecule has 0 nitrogen and oxygen atoms in total. The summed E-state index contributed by atoms with van der Waals surface area (Å²) < 4.78 is 1.27. The molecule has 0 saturated carbocycles. The smallest absolute Gasteiger partial charge is 0.0474 e. The van der Waals surface area contributed by atoms with Crippen LogP contribution in [0.5, 0.6) is 0 Å². The molecule has 13 heavy (non-hydrogen) atoms. The summed E-state index contributed by atoms with van der Waals surface area (Å²) >= 11 is 8.08. The predicted molar refractivity (Wildman–Crippen MR) is 66.2 cm³/mol. The largest absolute Gasteiger partial charge is 0.122 e. The topological polar surface area (TPSA) is 0 Å². The van der Waals surface area contributed by atoms with Crippen molar-refractivity contribution in [1.82, 2.24) is 0 Å². The summed E-state index contributed by atoms with van der Waals surface area (Å²) in [6, 6.07) is 12.8. The van der Waals surface area contributed by atoms with Gasteiger partial charge in [-0.1, -0.05) is 18.2 Å². The molecule has 0 aliphatic carbocycles. The molecule has 0 heterocycles. The second kappa shape index (κ2) is 3.84. The average Bonchev–Trinajstić information content (AvgIpc) is 2.17. The number of hydrogen-bond donors (Lipinski definition) is 0. The minimum absolute atomic E-state index is 0.585. The van der Waals surface area contributed by atoms with Crippen LogP contribution >= 0.6 is 34.2 Å². The molecule has 0 unspecified atom stereocenters. The molecule has 66 valence electrons.